The Balaban J connectivity index is 1.06. The van der Waals surface area contributed by atoms with Gasteiger partial charge in [-0.3, -0.25) is 0 Å². The molecular formula is C68H40N2S2. The average molecular weight is 949 g/mol. The minimum absolute atomic E-state index is 1.13. The third kappa shape index (κ3) is 5.82. The van der Waals surface area contributed by atoms with Crippen molar-refractivity contribution in [1.82, 2.24) is 0 Å². The summed E-state index contributed by atoms with van der Waals surface area (Å²) in [5, 5.41) is 17.7. The maximum atomic E-state index is 2.49. The highest BCUT2D eigenvalue weighted by atomic mass is 32.2. The van der Waals surface area contributed by atoms with E-state index < -0.39 is 0 Å². The zero-order valence-corrected chi connectivity index (χ0v) is 40.4. The van der Waals surface area contributed by atoms with Crippen molar-refractivity contribution in [3.05, 3.63) is 243 Å². The zero-order valence-electron chi connectivity index (χ0n) is 38.8. The molecule has 0 fully saturated rings. The first-order valence-corrected chi connectivity index (χ1v) is 26.3. The van der Waals surface area contributed by atoms with Gasteiger partial charge in [-0.1, -0.05) is 187 Å². The van der Waals surface area contributed by atoms with Crippen molar-refractivity contribution in [1.29, 1.82) is 0 Å². The summed E-state index contributed by atoms with van der Waals surface area (Å²) in [7, 11) is 0. The Kier molecular flexibility index (Phi) is 8.65. The third-order valence-electron chi connectivity index (χ3n) is 15.3. The summed E-state index contributed by atoms with van der Waals surface area (Å²) in [6.07, 6.45) is 0. The van der Waals surface area contributed by atoms with E-state index in [4.69, 9.17) is 0 Å². The number of hydrogen-bond acceptors (Lipinski definition) is 4. The van der Waals surface area contributed by atoms with E-state index in [1.165, 1.54) is 140 Å². The van der Waals surface area contributed by atoms with Crippen LogP contribution in [0.15, 0.2) is 262 Å². The molecule has 72 heavy (non-hydrogen) atoms. The molecule has 0 bridgehead atoms. The van der Waals surface area contributed by atoms with Crippen LogP contribution in [0.25, 0.3) is 97.7 Å². The number of fused-ring (bicyclic) bond motifs is 9. The second kappa shape index (κ2) is 15.5. The van der Waals surface area contributed by atoms with Crippen molar-refractivity contribution in [2.24, 2.45) is 0 Å². The fourth-order valence-electron chi connectivity index (χ4n) is 12.3. The first-order valence-electron chi connectivity index (χ1n) is 24.7. The zero-order chi connectivity index (χ0) is 47.0. The Bertz CT molecular complexity index is 4470. The van der Waals surface area contributed by atoms with Gasteiger partial charge in [-0.05, 0) is 177 Å². The predicted molar refractivity (Wildman–Crippen MR) is 309 cm³/mol. The van der Waals surface area contributed by atoms with E-state index in [9.17, 15) is 0 Å². The second-order valence-corrected chi connectivity index (χ2v) is 21.3. The van der Waals surface area contributed by atoms with Gasteiger partial charge < -0.3 is 9.80 Å². The van der Waals surface area contributed by atoms with Crippen molar-refractivity contribution in [2.75, 3.05) is 9.80 Å². The maximum absolute atomic E-state index is 2.49. The topological polar surface area (TPSA) is 6.48 Å². The number of anilines is 6. The fourth-order valence-corrected chi connectivity index (χ4v) is 14.4. The van der Waals surface area contributed by atoms with Crippen LogP contribution in [0, 0.1) is 0 Å². The Hall–Kier alpha value is -8.54. The Morgan fingerprint density at radius 2 is 0.681 bits per heavy atom. The molecule has 2 aliphatic heterocycles. The molecule has 0 unspecified atom stereocenters. The van der Waals surface area contributed by atoms with Crippen LogP contribution in [0.2, 0.25) is 0 Å². The molecule has 0 aliphatic carbocycles. The Morgan fingerprint density at radius 3 is 1.26 bits per heavy atom. The van der Waals surface area contributed by atoms with E-state index >= 15 is 0 Å². The summed E-state index contributed by atoms with van der Waals surface area (Å²) in [6, 6.07) is 91.1. The monoisotopic (exact) mass is 948 g/mol. The number of benzene rings is 14. The lowest BCUT2D eigenvalue weighted by Gasteiger charge is -2.34. The molecule has 16 rings (SSSR count). The predicted octanol–water partition coefficient (Wildman–Crippen LogP) is 20.4. The molecule has 2 heterocycles. The number of nitrogens with zero attached hydrogens (tertiary/aromatic N) is 2. The molecule has 2 aliphatic rings. The van der Waals surface area contributed by atoms with Crippen molar-refractivity contribution in [2.45, 2.75) is 19.6 Å². The van der Waals surface area contributed by atoms with Gasteiger partial charge in [0.05, 0.1) is 22.7 Å². The summed E-state index contributed by atoms with van der Waals surface area (Å²) >= 11 is 3.70. The van der Waals surface area contributed by atoms with E-state index in [1.807, 2.05) is 23.5 Å². The van der Waals surface area contributed by atoms with Gasteiger partial charge in [0.15, 0.2) is 0 Å². The standard InChI is InChI=1S/C68H40N2S2/c1-2-15-43-38-44(31-30-41(43)14-1)66-53-34-32-46(70-59-24-5-9-28-63(59)72-64-29-10-6-25-60(64)70)40-56(53)68(52-37-36-51-48-19-12-17-42-16-11-18-47(65(42)48)49-20-13-21-50(52)67(49)51)54-35-33-45(39-55(54)66)69-57-22-3-7-26-61(57)71-62-27-8-4-23-58(62)69/h1-40H. The minimum Gasteiger partial charge on any atom is -0.308 e. The largest absolute Gasteiger partial charge is 0.308 e. The SMILES string of the molecule is c1ccc2c(c1)Sc1ccccc1N2c1ccc2c(-c3ccc4c5cccc6cccc(c7cccc3c74)c65)c3cc(N4c5ccccc5Sc5ccccc54)ccc3c(-c3ccc4ccccc4c3)c2c1. The van der Waals surface area contributed by atoms with Crippen molar-refractivity contribution in [3.8, 4) is 22.3 Å². The highest BCUT2D eigenvalue weighted by Gasteiger charge is 2.29. The summed E-state index contributed by atoms with van der Waals surface area (Å²) in [4.78, 5) is 9.94. The molecule has 334 valence electrons. The van der Waals surface area contributed by atoms with E-state index in [0.29, 0.717) is 0 Å². The smallest absolute Gasteiger partial charge is 0.0601 e. The van der Waals surface area contributed by atoms with Crippen LogP contribution in [-0.4, -0.2) is 0 Å². The molecule has 0 atom stereocenters. The average Bonchev–Trinajstić information content (AvgIpc) is 3.44. The van der Waals surface area contributed by atoms with Gasteiger partial charge in [0.25, 0.3) is 0 Å². The lowest BCUT2D eigenvalue weighted by Crippen LogP contribution is -2.15. The van der Waals surface area contributed by atoms with Gasteiger partial charge in [-0.25, -0.2) is 0 Å². The van der Waals surface area contributed by atoms with Crippen molar-refractivity contribution >= 4 is 133 Å². The fraction of sp³-hybridized carbons (Fsp3) is 0. The summed E-state index contributed by atoms with van der Waals surface area (Å²) in [5.41, 5.74) is 11.9. The van der Waals surface area contributed by atoms with Crippen LogP contribution in [0.5, 0.6) is 0 Å². The minimum atomic E-state index is 1.13. The second-order valence-electron chi connectivity index (χ2n) is 19.1. The molecule has 0 radical (unpaired) electrons. The van der Waals surface area contributed by atoms with Crippen LogP contribution in [-0.2, 0) is 0 Å². The molecule has 2 nitrogen and oxygen atoms in total. The molecule has 0 aromatic heterocycles. The normalized spacial score (nSPS) is 13.1. The van der Waals surface area contributed by atoms with Crippen LogP contribution >= 0.6 is 23.5 Å². The van der Waals surface area contributed by atoms with Crippen molar-refractivity contribution < 1.29 is 0 Å². The van der Waals surface area contributed by atoms with Crippen LogP contribution in [0.1, 0.15) is 0 Å². The molecule has 0 spiro atoms. The van der Waals surface area contributed by atoms with Crippen LogP contribution < -0.4 is 9.80 Å². The van der Waals surface area contributed by atoms with Gasteiger partial charge in [0.1, 0.15) is 0 Å². The van der Waals surface area contributed by atoms with E-state index in [-0.39, 0.29) is 0 Å². The lowest BCUT2D eigenvalue weighted by molar-refractivity contribution is 1.17. The molecule has 14 aromatic rings. The number of rotatable bonds is 4. The molecule has 0 amide bonds. The summed E-state index contributed by atoms with van der Waals surface area (Å²) in [6.45, 7) is 0. The quantitative estimate of drug-likeness (QED) is 0.128. The van der Waals surface area contributed by atoms with Crippen LogP contribution in [0.3, 0.4) is 0 Å². The first-order chi connectivity index (χ1) is 35.7. The maximum Gasteiger partial charge on any atom is 0.0601 e. The van der Waals surface area contributed by atoms with Gasteiger partial charge in [0.2, 0.25) is 0 Å². The molecule has 0 saturated heterocycles. The molecule has 0 saturated carbocycles. The molecular weight excluding hydrogens is 909 g/mol. The summed E-state index contributed by atoms with van der Waals surface area (Å²) < 4.78 is 0. The lowest BCUT2D eigenvalue weighted by atomic mass is 9.82. The van der Waals surface area contributed by atoms with Gasteiger partial charge in [0, 0.05) is 31.0 Å². The highest BCUT2D eigenvalue weighted by molar-refractivity contribution is 8.00. The molecule has 0 N–H and O–H groups in total. The number of hydrogen-bond donors (Lipinski definition) is 0. The van der Waals surface area contributed by atoms with E-state index in [1.54, 1.807) is 0 Å². The first kappa shape index (κ1) is 40.2. The van der Waals surface area contributed by atoms with Gasteiger partial charge >= 0.3 is 0 Å². The third-order valence-corrected chi connectivity index (χ3v) is 17.6. The molecule has 4 heteroatoms. The highest BCUT2D eigenvalue weighted by Crippen LogP contribution is 2.56. The number of para-hydroxylation sites is 4. The summed E-state index contributed by atoms with van der Waals surface area (Å²) in [5.74, 6) is 0. The van der Waals surface area contributed by atoms with Crippen LogP contribution in [0.4, 0.5) is 34.1 Å². The van der Waals surface area contributed by atoms with Crippen molar-refractivity contribution in [3.63, 3.8) is 0 Å². The Morgan fingerprint density at radius 1 is 0.250 bits per heavy atom. The van der Waals surface area contributed by atoms with E-state index in [0.717, 1.165) is 11.4 Å². The van der Waals surface area contributed by atoms with E-state index in [2.05, 4.69) is 252 Å². The molecule has 14 aromatic carbocycles. The Labute approximate surface area is 424 Å². The van der Waals surface area contributed by atoms with Gasteiger partial charge in [-0.15, -0.1) is 0 Å². The van der Waals surface area contributed by atoms with Gasteiger partial charge in [-0.2, -0.15) is 0 Å².